The predicted octanol–water partition coefficient (Wildman–Crippen LogP) is 2.51. The van der Waals surface area contributed by atoms with Crippen LogP contribution in [0.5, 0.6) is 0 Å². The van der Waals surface area contributed by atoms with Crippen LogP contribution >= 0.6 is 0 Å². The maximum atomic E-state index is 10.00. The summed E-state index contributed by atoms with van der Waals surface area (Å²) in [6.45, 7) is 0. The zero-order valence-corrected chi connectivity index (χ0v) is 11.7. The number of ether oxygens (including phenoxy) is 2. The van der Waals surface area contributed by atoms with Crippen LogP contribution in [0, 0.1) is 5.92 Å². The summed E-state index contributed by atoms with van der Waals surface area (Å²) < 4.78 is 10.6. The summed E-state index contributed by atoms with van der Waals surface area (Å²) >= 11 is 0. The van der Waals surface area contributed by atoms with Crippen LogP contribution in [0.15, 0.2) is 48.2 Å². The number of allylic oxidation sites excluding steroid dienone is 2. The second-order valence-electron chi connectivity index (χ2n) is 4.85. The molecule has 1 aromatic rings. The fourth-order valence-corrected chi connectivity index (χ4v) is 2.43. The molecular weight excluding hydrogens is 256 g/mol. The summed E-state index contributed by atoms with van der Waals surface area (Å²) in [4.78, 5) is 0. The summed E-state index contributed by atoms with van der Waals surface area (Å²) in [5.74, 6) is -1.40. The van der Waals surface area contributed by atoms with Gasteiger partial charge in [0.1, 0.15) is 5.76 Å². The molecule has 1 aliphatic rings. The van der Waals surface area contributed by atoms with Gasteiger partial charge in [0, 0.05) is 26.6 Å². The maximum absolute atomic E-state index is 10.00. The van der Waals surface area contributed by atoms with E-state index in [4.69, 9.17) is 9.47 Å². The summed E-state index contributed by atoms with van der Waals surface area (Å²) in [7, 11) is 2.92. The third kappa shape index (κ3) is 2.93. The van der Waals surface area contributed by atoms with Gasteiger partial charge in [-0.15, -0.1) is 0 Å². The van der Waals surface area contributed by atoms with E-state index in [0.717, 1.165) is 5.56 Å². The van der Waals surface area contributed by atoms with Gasteiger partial charge in [-0.25, -0.2) is 0 Å². The van der Waals surface area contributed by atoms with Crippen molar-refractivity contribution in [3.63, 3.8) is 0 Å². The number of benzene rings is 1. The third-order valence-electron chi connectivity index (χ3n) is 3.63. The summed E-state index contributed by atoms with van der Waals surface area (Å²) in [5.41, 5.74) is 1.08. The van der Waals surface area contributed by atoms with Gasteiger partial charge in [-0.1, -0.05) is 42.5 Å². The molecule has 0 spiro atoms. The van der Waals surface area contributed by atoms with E-state index < -0.39 is 11.9 Å². The Morgan fingerprint density at radius 1 is 1.20 bits per heavy atom. The Hall–Kier alpha value is -1.62. The fourth-order valence-electron chi connectivity index (χ4n) is 2.43. The highest BCUT2D eigenvalue weighted by Crippen LogP contribution is 2.35. The van der Waals surface area contributed by atoms with Crippen molar-refractivity contribution in [2.24, 2.45) is 5.92 Å². The highest BCUT2D eigenvalue weighted by atomic mass is 16.7. The third-order valence-corrected chi connectivity index (χ3v) is 3.63. The molecule has 2 unspecified atom stereocenters. The van der Waals surface area contributed by atoms with E-state index >= 15 is 0 Å². The van der Waals surface area contributed by atoms with Crippen molar-refractivity contribution in [1.29, 1.82) is 0 Å². The van der Waals surface area contributed by atoms with Crippen molar-refractivity contribution in [1.82, 2.24) is 0 Å². The lowest BCUT2D eigenvalue weighted by Crippen LogP contribution is -2.50. The van der Waals surface area contributed by atoms with Crippen LogP contribution in [-0.4, -0.2) is 36.3 Å². The van der Waals surface area contributed by atoms with Gasteiger partial charge in [-0.2, -0.15) is 0 Å². The molecule has 2 rings (SSSR count). The molecule has 108 valence electrons. The minimum Gasteiger partial charge on any atom is -0.510 e. The van der Waals surface area contributed by atoms with Crippen LogP contribution in [0.4, 0.5) is 0 Å². The van der Waals surface area contributed by atoms with Crippen molar-refractivity contribution < 1.29 is 19.7 Å². The van der Waals surface area contributed by atoms with E-state index in [9.17, 15) is 10.2 Å². The van der Waals surface area contributed by atoms with Crippen molar-refractivity contribution in [2.45, 2.75) is 18.3 Å². The SMILES string of the molecule is COC1(OC)CC(C=Cc2ccccc2)C=C(O)C1O. The molecule has 1 aromatic carbocycles. The zero-order valence-electron chi connectivity index (χ0n) is 11.7. The molecule has 0 aromatic heterocycles. The largest absolute Gasteiger partial charge is 0.510 e. The molecule has 0 fully saturated rings. The first-order chi connectivity index (χ1) is 9.61. The van der Waals surface area contributed by atoms with Crippen molar-refractivity contribution in [2.75, 3.05) is 14.2 Å². The molecular formula is C16H20O4. The van der Waals surface area contributed by atoms with Gasteiger partial charge < -0.3 is 19.7 Å². The van der Waals surface area contributed by atoms with Crippen molar-refractivity contribution in [3.8, 4) is 0 Å². The first kappa shape index (κ1) is 14.8. The number of hydrogen-bond donors (Lipinski definition) is 2. The topological polar surface area (TPSA) is 58.9 Å². The Morgan fingerprint density at radius 2 is 1.85 bits per heavy atom. The Labute approximate surface area is 119 Å². The molecule has 2 atom stereocenters. The molecule has 20 heavy (non-hydrogen) atoms. The molecule has 0 bridgehead atoms. The lowest BCUT2D eigenvalue weighted by Gasteiger charge is -2.39. The van der Waals surface area contributed by atoms with Gasteiger partial charge in [0.15, 0.2) is 6.10 Å². The predicted molar refractivity (Wildman–Crippen MR) is 77.1 cm³/mol. The highest BCUT2D eigenvalue weighted by Gasteiger charge is 2.45. The van der Waals surface area contributed by atoms with E-state index in [1.807, 2.05) is 42.5 Å². The second-order valence-corrected chi connectivity index (χ2v) is 4.85. The number of methoxy groups -OCH3 is 2. The van der Waals surface area contributed by atoms with Crippen LogP contribution < -0.4 is 0 Å². The average molecular weight is 276 g/mol. The zero-order chi connectivity index (χ0) is 14.6. The van der Waals surface area contributed by atoms with E-state index in [1.54, 1.807) is 6.08 Å². The Kier molecular flexibility index (Phi) is 4.60. The van der Waals surface area contributed by atoms with Gasteiger partial charge in [-0.05, 0) is 11.6 Å². The maximum Gasteiger partial charge on any atom is 0.202 e. The molecule has 1 aliphatic carbocycles. The molecule has 4 nitrogen and oxygen atoms in total. The number of aliphatic hydroxyl groups is 2. The Balaban J connectivity index is 2.19. The lowest BCUT2D eigenvalue weighted by molar-refractivity contribution is -0.265. The molecule has 0 amide bonds. The van der Waals surface area contributed by atoms with E-state index in [-0.39, 0.29) is 11.7 Å². The van der Waals surface area contributed by atoms with Gasteiger partial charge >= 0.3 is 0 Å². The van der Waals surface area contributed by atoms with Crippen LogP contribution in [-0.2, 0) is 9.47 Å². The molecule has 0 saturated heterocycles. The summed E-state index contributed by atoms with van der Waals surface area (Å²) in [6.07, 6.45) is 4.83. The van der Waals surface area contributed by atoms with Crippen LogP contribution in [0.25, 0.3) is 6.08 Å². The Morgan fingerprint density at radius 3 is 2.45 bits per heavy atom. The minimum atomic E-state index is -1.20. The second kappa shape index (κ2) is 6.22. The number of aliphatic hydroxyl groups excluding tert-OH is 2. The normalized spacial score (nSPS) is 25.6. The quantitative estimate of drug-likeness (QED) is 0.830. The molecule has 4 heteroatoms. The molecule has 2 N–H and O–H groups in total. The fraction of sp³-hybridized carbons (Fsp3) is 0.375. The minimum absolute atomic E-state index is 0.0708. The molecule has 0 saturated carbocycles. The van der Waals surface area contributed by atoms with Crippen LogP contribution in [0.1, 0.15) is 12.0 Å². The molecule has 0 aliphatic heterocycles. The van der Waals surface area contributed by atoms with Crippen molar-refractivity contribution >= 4 is 6.08 Å². The van der Waals surface area contributed by atoms with E-state index in [2.05, 4.69) is 0 Å². The molecule has 0 heterocycles. The smallest absolute Gasteiger partial charge is 0.202 e. The van der Waals surface area contributed by atoms with Crippen molar-refractivity contribution in [3.05, 3.63) is 53.8 Å². The lowest BCUT2D eigenvalue weighted by atomic mass is 9.86. The summed E-state index contributed by atoms with van der Waals surface area (Å²) in [6, 6.07) is 9.88. The van der Waals surface area contributed by atoms with Gasteiger partial charge in [0.05, 0.1) is 0 Å². The van der Waals surface area contributed by atoms with Gasteiger partial charge in [0.2, 0.25) is 5.79 Å². The standard InChI is InChI=1S/C16H20O4/c1-19-16(20-2)11-13(10-14(17)15(16)18)9-8-12-6-4-3-5-7-12/h3-10,13,15,17-18H,11H2,1-2H3. The average Bonchev–Trinajstić information content (AvgIpc) is 2.49. The highest BCUT2D eigenvalue weighted by molar-refractivity contribution is 5.49. The monoisotopic (exact) mass is 276 g/mol. The first-order valence-corrected chi connectivity index (χ1v) is 6.53. The number of rotatable bonds is 4. The number of hydrogen-bond acceptors (Lipinski definition) is 4. The summed E-state index contributed by atoms with van der Waals surface area (Å²) in [5, 5.41) is 19.9. The molecule has 0 radical (unpaired) electrons. The van der Waals surface area contributed by atoms with Gasteiger partial charge in [0.25, 0.3) is 0 Å². The Bertz CT molecular complexity index is 488. The van der Waals surface area contributed by atoms with E-state index in [1.165, 1.54) is 14.2 Å². The van der Waals surface area contributed by atoms with Crippen LogP contribution in [0.3, 0.4) is 0 Å². The van der Waals surface area contributed by atoms with Gasteiger partial charge in [-0.3, -0.25) is 0 Å². The van der Waals surface area contributed by atoms with Crippen LogP contribution in [0.2, 0.25) is 0 Å². The van der Waals surface area contributed by atoms with E-state index in [0.29, 0.717) is 6.42 Å². The first-order valence-electron chi connectivity index (χ1n) is 6.53.